The van der Waals surface area contributed by atoms with Gasteiger partial charge in [-0.3, -0.25) is 0 Å². The van der Waals surface area contributed by atoms with Crippen molar-refractivity contribution in [3.63, 3.8) is 0 Å². The molecule has 1 aromatic carbocycles. The summed E-state index contributed by atoms with van der Waals surface area (Å²) in [6, 6.07) is 10.3. The lowest BCUT2D eigenvalue weighted by Gasteiger charge is -2.02. The third-order valence-corrected chi connectivity index (χ3v) is 3.78. The Balaban J connectivity index is 1.57. The van der Waals surface area contributed by atoms with Gasteiger partial charge < -0.3 is 9.73 Å². The van der Waals surface area contributed by atoms with E-state index in [4.69, 9.17) is 4.42 Å². The zero-order chi connectivity index (χ0) is 12.2. The Morgan fingerprint density at radius 3 is 3.00 bits per heavy atom. The molecular weight excluding hydrogens is 242 g/mol. The Morgan fingerprint density at radius 2 is 2.11 bits per heavy atom. The second kappa shape index (κ2) is 5.38. The molecule has 0 spiro atoms. The molecule has 1 N–H and O–H groups in total. The lowest BCUT2D eigenvalue weighted by Crippen LogP contribution is -2.16. The fourth-order valence-electron chi connectivity index (χ4n) is 2.06. The van der Waals surface area contributed by atoms with Crippen LogP contribution in [0.1, 0.15) is 11.1 Å². The normalized spacial score (nSPS) is 11.1. The van der Waals surface area contributed by atoms with E-state index < -0.39 is 0 Å². The standard InChI is InChI=1S/C15H15NOS/c1-2-4-15-14(3-1)13(10-17-15)9-16-7-5-12-6-8-18-11-12/h1-4,6,8,10-11,16H,5,7,9H2. The minimum atomic E-state index is 0.862. The molecule has 0 bridgehead atoms. The molecular formula is C15H15NOS. The summed E-state index contributed by atoms with van der Waals surface area (Å²) in [7, 11) is 0. The van der Waals surface area contributed by atoms with Crippen LogP contribution in [0.4, 0.5) is 0 Å². The number of rotatable bonds is 5. The van der Waals surface area contributed by atoms with Crippen LogP contribution in [-0.2, 0) is 13.0 Å². The maximum absolute atomic E-state index is 5.51. The van der Waals surface area contributed by atoms with Crippen molar-refractivity contribution in [2.45, 2.75) is 13.0 Å². The Kier molecular flexibility index (Phi) is 3.44. The van der Waals surface area contributed by atoms with Gasteiger partial charge in [0.05, 0.1) is 6.26 Å². The summed E-state index contributed by atoms with van der Waals surface area (Å²) >= 11 is 1.75. The summed E-state index contributed by atoms with van der Waals surface area (Å²) in [5.41, 5.74) is 3.60. The van der Waals surface area contributed by atoms with E-state index in [1.165, 1.54) is 16.5 Å². The van der Waals surface area contributed by atoms with Crippen LogP contribution in [0, 0.1) is 0 Å². The molecule has 3 rings (SSSR count). The van der Waals surface area contributed by atoms with E-state index in [0.29, 0.717) is 0 Å². The minimum absolute atomic E-state index is 0.862. The van der Waals surface area contributed by atoms with E-state index in [9.17, 15) is 0 Å². The molecule has 0 fully saturated rings. The maximum Gasteiger partial charge on any atom is 0.134 e. The Morgan fingerprint density at radius 1 is 1.17 bits per heavy atom. The van der Waals surface area contributed by atoms with Gasteiger partial charge in [0.15, 0.2) is 0 Å². The highest BCUT2D eigenvalue weighted by Crippen LogP contribution is 2.20. The fraction of sp³-hybridized carbons (Fsp3) is 0.200. The Hall–Kier alpha value is -1.58. The van der Waals surface area contributed by atoms with Gasteiger partial charge in [0.25, 0.3) is 0 Å². The molecule has 3 heteroatoms. The van der Waals surface area contributed by atoms with Crippen LogP contribution in [0.5, 0.6) is 0 Å². The van der Waals surface area contributed by atoms with Crippen molar-refractivity contribution in [3.05, 3.63) is 58.5 Å². The van der Waals surface area contributed by atoms with E-state index in [1.807, 2.05) is 24.5 Å². The monoisotopic (exact) mass is 257 g/mol. The SMILES string of the molecule is c1ccc2c(CNCCc3ccsc3)coc2c1. The Labute approximate surface area is 110 Å². The Bertz CT molecular complexity index is 612. The van der Waals surface area contributed by atoms with E-state index in [0.717, 1.165) is 25.1 Å². The van der Waals surface area contributed by atoms with Gasteiger partial charge in [0, 0.05) is 17.5 Å². The second-order valence-corrected chi connectivity index (χ2v) is 5.10. The lowest BCUT2D eigenvalue weighted by molar-refractivity contribution is 0.602. The molecule has 0 amide bonds. The topological polar surface area (TPSA) is 25.2 Å². The predicted octanol–water partition coefficient (Wildman–Crippen LogP) is 3.83. The zero-order valence-corrected chi connectivity index (χ0v) is 10.9. The number of thiophene rings is 1. The third-order valence-electron chi connectivity index (χ3n) is 3.05. The molecule has 0 saturated carbocycles. The van der Waals surface area contributed by atoms with Gasteiger partial charge in [0.2, 0.25) is 0 Å². The van der Waals surface area contributed by atoms with Crippen LogP contribution in [0.2, 0.25) is 0 Å². The molecule has 2 nitrogen and oxygen atoms in total. The van der Waals surface area contributed by atoms with E-state index in [2.05, 4.69) is 28.2 Å². The predicted molar refractivity (Wildman–Crippen MR) is 75.9 cm³/mol. The summed E-state index contributed by atoms with van der Waals surface area (Å²) in [5, 5.41) is 9.00. The van der Waals surface area contributed by atoms with Gasteiger partial charge in [-0.05, 0) is 41.4 Å². The molecule has 92 valence electrons. The first-order chi connectivity index (χ1) is 8.93. The molecule has 18 heavy (non-hydrogen) atoms. The molecule has 0 aliphatic heterocycles. The van der Waals surface area contributed by atoms with E-state index in [1.54, 1.807) is 11.3 Å². The molecule has 0 unspecified atom stereocenters. The van der Waals surface area contributed by atoms with Gasteiger partial charge in [-0.2, -0.15) is 11.3 Å². The summed E-state index contributed by atoms with van der Waals surface area (Å²) < 4.78 is 5.51. The first kappa shape index (κ1) is 11.5. The molecule has 2 aromatic heterocycles. The molecule has 0 radical (unpaired) electrons. The number of furan rings is 1. The fourth-order valence-corrected chi connectivity index (χ4v) is 2.76. The molecule has 0 aliphatic rings. The molecule has 3 aromatic rings. The van der Waals surface area contributed by atoms with Crippen LogP contribution in [0.25, 0.3) is 11.0 Å². The summed E-state index contributed by atoms with van der Waals surface area (Å²) in [5.74, 6) is 0. The first-order valence-corrected chi connectivity index (χ1v) is 7.04. The maximum atomic E-state index is 5.51. The smallest absolute Gasteiger partial charge is 0.134 e. The van der Waals surface area contributed by atoms with Crippen molar-refractivity contribution in [2.75, 3.05) is 6.54 Å². The average Bonchev–Trinajstić information content (AvgIpc) is 3.04. The van der Waals surface area contributed by atoms with Crippen molar-refractivity contribution < 1.29 is 4.42 Å². The molecule has 0 atom stereocenters. The van der Waals surface area contributed by atoms with Gasteiger partial charge in [0.1, 0.15) is 5.58 Å². The number of nitrogens with one attached hydrogen (secondary N) is 1. The highest BCUT2D eigenvalue weighted by atomic mass is 32.1. The highest BCUT2D eigenvalue weighted by molar-refractivity contribution is 7.07. The number of benzene rings is 1. The number of fused-ring (bicyclic) bond motifs is 1. The minimum Gasteiger partial charge on any atom is -0.464 e. The van der Waals surface area contributed by atoms with E-state index >= 15 is 0 Å². The summed E-state index contributed by atoms with van der Waals surface area (Å²) in [6.45, 7) is 1.86. The largest absolute Gasteiger partial charge is 0.464 e. The van der Waals surface area contributed by atoms with Crippen molar-refractivity contribution in [1.29, 1.82) is 0 Å². The van der Waals surface area contributed by atoms with Crippen molar-refractivity contribution in [3.8, 4) is 0 Å². The number of para-hydroxylation sites is 1. The van der Waals surface area contributed by atoms with Crippen molar-refractivity contribution in [1.82, 2.24) is 5.32 Å². The zero-order valence-electron chi connectivity index (χ0n) is 10.1. The lowest BCUT2D eigenvalue weighted by atomic mass is 10.2. The van der Waals surface area contributed by atoms with Gasteiger partial charge in [-0.25, -0.2) is 0 Å². The second-order valence-electron chi connectivity index (χ2n) is 4.32. The number of hydrogen-bond donors (Lipinski definition) is 1. The summed E-state index contributed by atoms with van der Waals surface area (Å²) in [6.07, 6.45) is 2.93. The first-order valence-electron chi connectivity index (χ1n) is 6.10. The van der Waals surface area contributed by atoms with E-state index in [-0.39, 0.29) is 0 Å². The van der Waals surface area contributed by atoms with Crippen LogP contribution < -0.4 is 5.32 Å². The molecule has 0 aliphatic carbocycles. The van der Waals surface area contributed by atoms with Gasteiger partial charge >= 0.3 is 0 Å². The average molecular weight is 257 g/mol. The molecule has 0 saturated heterocycles. The van der Waals surface area contributed by atoms with Crippen LogP contribution in [0.3, 0.4) is 0 Å². The quantitative estimate of drug-likeness (QED) is 0.703. The summed E-state index contributed by atoms with van der Waals surface area (Å²) in [4.78, 5) is 0. The van der Waals surface area contributed by atoms with Crippen molar-refractivity contribution in [2.24, 2.45) is 0 Å². The highest BCUT2D eigenvalue weighted by Gasteiger charge is 2.03. The number of hydrogen-bond acceptors (Lipinski definition) is 3. The van der Waals surface area contributed by atoms with Crippen molar-refractivity contribution >= 4 is 22.3 Å². The van der Waals surface area contributed by atoms with Crippen LogP contribution in [0.15, 0.2) is 51.8 Å². The third kappa shape index (κ3) is 2.47. The van der Waals surface area contributed by atoms with Crippen LogP contribution in [-0.4, -0.2) is 6.54 Å². The molecule has 2 heterocycles. The van der Waals surface area contributed by atoms with Gasteiger partial charge in [-0.15, -0.1) is 0 Å². The van der Waals surface area contributed by atoms with Crippen LogP contribution >= 0.6 is 11.3 Å². The van der Waals surface area contributed by atoms with Gasteiger partial charge in [-0.1, -0.05) is 18.2 Å².